The first-order valence-corrected chi connectivity index (χ1v) is 8.92. The second kappa shape index (κ2) is 6.96. The van der Waals surface area contributed by atoms with E-state index in [-0.39, 0.29) is 11.7 Å². The number of hydrogen-bond acceptors (Lipinski definition) is 5. The van der Waals surface area contributed by atoms with Gasteiger partial charge in [0.1, 0.15) is 5.76 Å². The predicted molar refractivity (Wildman–Crippen MR) is 96.1 cm³/mol. The van der Waals surface area contributed by atoms with Gasteiger partial charge in [0.15, 0.2) is 11.6 Å². The summed E-state index contributed by atoms with van der Waals surface area (Å²) < 4.78 is 10.9. The maximum absolute atomic E-state index is 12.6. The quantitative estimate of drug-likeness (QED) is 0.650. The third kappa shape index (κ3) is 3.51. The lowest BCUT2D eigenvalue weighted by Gasteiger charge is -2.14. The van der Waals surface area contributed by atoms with Crippen molar-refractivity contribution in [2.24, 2.45) is 0 Å². The first-order chi connectivity index (χ1) is 12.6. The number of likely N-dealkylation sites (N-methyl/N-ethyl adjacent to an activating group) is 1. The van der Waals surface area contributed by atoms with Crippen LogP contribution in [0.15, 0.2) is 45.3 Å². The average Bonchev–Trinajstić information content (AvgIpc) is 3.19. The molecule has 0 atom stereocenters. The van der Waals surface area contributed by atoms with Crippen LogP contribution >= 0.6 is 11.6 Å². The smallest absolute Gasteiger partial charge is 0.289 e. The van der Waals surface area contributed by atoms with Crippen LogP contribution in [0.1, 0.15) is 41.0 Å². The Balaban J connectivity index is 1.39. The lowest BCUT2D eigenvalue weighted by atomic mass is 10.2. The van der Waals surface area contributed by atoms with Crippen molar-refractivity contribution in [3.05, 3.63) is 58.9 Å². The minimum absolute atomic E-state index is 0.200. The number of carbonyl (C=O) groups excluding carboxylic acids is 1. The van der Waals surface area contributed by atoms with E-state index in [0.29, 0.717) is 41.4 Å². The molecule has 2 aromatic heterocycles. The molecule has 1 aromatic carbocycles. The SMILES string of the molecule is CN(CCc1noc(C2CC2)n1)C(=O)c1ccc(-c2ccccc2Cl)o1. The van der Waals surface area contributed by atoms with Crippen molar-refractivity contribution in [1.29, 1.82) is 0 Å². The molecular weight excluding hydrogens is 354 g/mol. The minimum Gasteiger partial charge on any atom is -0.451 e. The Morgan fingerprint density at radius 3 is 2.85 bits per heavy atom. The largest absolute Gasteiger partial charge is 0.451 e. The average molecular weight is 372 g/mol. The van der Waals surface area contributed by atoms with Crippen molar-refractivity contribution < 1.29 is 13.7 Å². The molecule has 7 heteroatoms. The molecule has 0 bridgehead atoms. The zero-order valence-corrected chi connectivity index (χ0v) is 15.1. The highest BCUT2D eigenvalue weighted by molar-refractivity contribution is 6.33. The van der Waals surface area contributed by atoms with E-state index in [1.807, 2.05) is 18.2 Å². The van der Waals surface area contributed by atoms with Crippen molar-refractivity contribution in [3.8, 4) is 11.3 Å². The lowest BCUT2D eigenvalue weighted by Crippen LogP contribution is -2.28. The van der Waals surface area contributed by atoms with Crippen molar-refractivity contribution in [2.45, 2.75) is 25.2 Å². The Labute approximate surface area is 155 Å². The molecule has 6 nitrogen and oxygen atoms in total. The molecule has 0 radical (unpaired) electrons. The summed E-state index contributed by atoms with van der Waals surface area (Å²) in [5, 5.41) is 4.55. The number of hydrogen-bond donors (Lipinski definition) is 0. The Hall–Kier alpha value is -2.60. The highest BCUT2D eigenvalue weighted by atomic mass is 35.5. The molecule has 0 spiro atoms. The molecule has 1 saturated carbocycles. The zero-order valence-electron chi connectivity index (χ0n) is 14.3. The third-order valence-electron chi connectivity index (χ3n) is 4.38. The molecule has 1 fully saturated rings. The topological polar surface area (TPSA) is 72.4 Å². The molecule has 0 N–H and O–H groups in total. The Morgan fingerprint density at radius 2 is 2.08 bits per heavy atom. The number of furan rings is 1. The van der Waals surface area contributed by atoms with Crippen LogP contribution in [0.4, 0.5) is 0 Å². The van der Waals surface area contributed by atoms with E-state index in [9.17, 15) is 4.79 Å². The van der Waals surface area contributed by atoms with Gasteiger partial charge in [-0.3, -0.25) is 4.79 Å². The van der Waals surface area contributed by atoms with Crippen molar-refractivity contribution >= 4 is 17.5 Å². The van der Waals surface area contributed by atoms with Crippen LogP contribution in [0.3, 0.4) is 0 Å². The summed E-state index contributed by atoms with van der Waals surface area (Å²) in [6.07, 6.45) is 2.77. The highest BCUT2D eigenvalue weighted by Crippen LogP contribution is 2.38. The maximum Gasteiger partial charge on any atom is 0.289 e. The van der Waals surface area contributed by atoms with Gasteiger partial charge in [0.2, 0.25) is 5.89 Å². The van der Waals surface area contributed by atoms with Gasteiger partial charge >= 0.3 is 0 Å². The van der Waals surface area contributed by atoms with Crippen LogP contribution in [-0.4, -0.2) is 34.5 Å². The van der Waals surface area contributed by atoms with E-state index in [1.54, 1.807) is 30.1 Å². The fraction of sp³-hybridized carbons (Fsp3) is 0.316. The fourth-order valence-electron chi connectivity index (χ4n) is 2.68. The van der Waals surface area contributed by atoms with Gasteiger partial charge in [0, 0.05) is 31.5 Å². The lowest BCUT2D eigenvalue weighted by molar-refractivity contribution is 0.0765. The number of nitrogens with zero attached hydrogens (tertiary/aromatic N) is 3. The molecule has 26 heavy (non-hydrogen) atoms. The Kier molecular flexibility index (Phi) is 4.51. The van der Waals surface area contributed by atoms with Gasteiger partial charge in [0.25, 0.3) is 5.91 Å². The molecule has 3 aromatic rings. The molecule has 0 saturated heterocycles. The van der Waals surface area contributed by atoms with Gasteiger partial charge in [-0.15, -0.1) is 0 Å². The van der Waals surface area contributed by atoms with E-state index < -0.39 is 0 Å². The van der Waals surface area contributed by atoms with E-state index in [1.165, 1.54) is 0 Å². The summed E-state index contributed by atoms with van der Waals surface area (Å²) >= 11 is 6.18. The van der Waals surface area contributed by atoms with Crippen molar-refractivity contribution in [2.75, 3.05) is 13.6 Å². The number of amides is 1. The van der Waals surface area contributed by atoms with Crippen LogP contribution in [-0.2, 0) is 6.42 Å². The molecule has 0 unspecified atom stereocenters. The molecule has 134 valence electrons. The van der Waals surface area contributed by atoms with Gasteiger partial charge in [-0.05, 0) is 37.1 Å². The number of halogens is 1. The van der Waals surface area contributed by atoms with E-state index in [4.69, 9.17) is 20.5 Å². The molecular formula is C19H18ClN3O3. The molecule has 1 aliphatic rings. The van der Waals surface area contributed by atoms with Crippen LogP contribution in [0.25, 0.3) is 11.3 Å². The summed E-state index contributed by atoms with van der Waals surface area (Å²) in [6.45, 7) is 0.477. The van der Waals surface area contributed by atoms with Gasteiger partial charge in [-0.2, -0.15) is 4.98 Å². The van der Waals surface area contributed by atoms with Crippen LogP contribution in [0, 0.1) is 0 Å². The van der Waals surface area contributed by atoms with Gasteiger partial charge < -0.3 is 13.8 Å². The van der Waals surface area contributed by atoms with Crippen LogP contribution in [0.5, 0.6) is 0 Å². The first-order valence-electron chi connectivity index (χ1n) is 8.54. The highest BCUT2D eigenvalue weighted by Gasteiger charge is 2.29. The van der Waals surface area contributed by atoms with E-state index in [2.05, 4.69) is 10.1 Å². The van der Waals surface area contributed by atoms with Crippen LogP contribution < -0.4 is 0 Å². The monoisotopic (exact) mass is 371 g/mol. The Morgan fingerprint density at radius 1 is 1.27 bits per heavy atom. The summed E-state index contributed by atoms with van der Waals surface area (Å²) in [4.78, 5) is 18.5. The number of rotatable bonds is 6. The molecule has 4 rings (SSSR count). The third-order valence-corrected chi connectivity index (χ3v) is 4.71. The second-order valence-corrected chi connectivity index (χ2v) is 6.85. The normalized spacial score (nSPS) is 13.8. The van der Waals surface area contributed by atoms with Crippen molar-refractivity contribution in [1.82, 2.24) is 15.0 Å². The van der Waals surface area contributed by atoms with Crippen LogP contribution in [0.2, 0.25) is 5.02 Å². The number of aromatic nitrogens is 2. The molecule has 0 aliphatic heterocycles. The Bertz CT molecular complexity index is 930. The summed E-state index contributed by atoms with van der Waals surface area (Å²) in [7, 11) is 1.72. The summed E-state index contributed by atoms with van der Waals surface area (Å²) in [6, 6.07) is 10.8. The van der Waals surface area contributed by atoms with E-state index >= 15 is 0 Å². The van der Waals surface area contributed by atoms with Gasteiger partial charge in [-0.25, -0.2) is 0 Å². The van der Waals surface area contributed by atoms with Gasteiger partial charge in [0.05, 0.1) is 5.02 Å². The standard InChI is InChI=1S/C19H18ClN3O3/c1-23(11-10-17-21-18(26-22-17)12-6-7-12)19(24)16-9-8-15(25-16)13-4-2-3-5-14(13)20/h2-5,8-9,12H,6-7,10-11H2,1H3. The van der Waals surface area contributed by atoms with E-state index in [0.717, 1.165) is 18.4 Å². The number of carbonyl (C=O) groups is 1. The van der Waals surface area contributed by atoms with Crippen molar-refractivity contribution in [3.63, 3.8) is 0 Å². The number of benzene rings is 1. The second-order valence-electron chi connectivity index (χ2n) is 6.44. The summed E-state index contributed by atoms with van der Waals surface area (Å²) in [5.41, 5.74) is 0.760. The van der Waals surface area contributed by atoms with Gasteiger partial charge in [-0.1, -0.05) is 28.9 Å². The zero-order chi connectivity index (χ0) is 18.1. The fourth-order valence-corrected chi connectivity index (χ4v) is 2.91. The maximum atomic E-state index is 12.6. The first kappa shape index (κ1) is 16.8. The minimum atomic E-state index is -0.200. The summed E-state index contributed by atoms with van der Waals surface area (Å²) in [5.74, 6) is 2.41. The molecule has 2 heterocycles. The molecule has 1 aliphatic carbocycles. The predicted octanol–water partition coefficient (Wildman–Crippen LogP) is 4.18. The molecule has 1 amide bonds.